The highest BCUT2D eigenvalue weighted by Gasteiger charge is 2.54. The minimum atomic E-state index is -0.397. The maximum atomic E-state index is 11.8. The summed E-state index contributed by atoms with van der Waals surface area (Å²) in [5, 5.41) is 9.40. The lowest BCUT2D eigenvalue weighted by Crippen LogP contribution is -2.26. The molecule has 3 nitrogen and oxygen atoms in total. The molecule has 92 valence electrons. The van der Waals surface area contributed by atoms with Crippen molar-refractivity contribution in [2.75, 3.05) is 13.1 Å². The van der Waals surface area contributed by atoms with Gasteiger partial charge in [0.15, 0.2) is 0 Å². The van der Waals surface area contributed by atoms with Crippen LogP contribution in [0.25, 0.3) is 0 Å². The molecule has 0 amide bonds. The molecule has 3 rings (SSSR count). The fraction of sp³-hybridized carbons (Fsp3) is 0.467. The molecule has 0 radical (unpaired) electrons. The molecule has 0 spiro atoms. The Morgan fingerprint density at radius 3 is 2.83 bits per heavy atom. The molecule has 0 N–H and O–H groups in total. The highest BCUT2D eigenvalue weighted by Crippen LogP contribution is 2.46. The van der Waals surface area contributed by atoms with Crippen LogP contribution in [0.5, 0.6) is 0 Å². The van der Waals surface area contributed by atoms with Gasteiger partial charge < -0.3 is 0 Å². The van der Waals surface area contributed by atoms with Crippen LogP contribution in [0.15, 0.2) is 30.3 Å². The molecule has 2 unspecified atom stereocenters. The molecule has 0 bridgehead atoms. The highest BCUT2D eigenvalue weighted by molar-refractivity contribution is 5.85. The molecule has 1 saturated carbocycles. The Bertz CT molecular complexity index is 505. The van der Waals surface area contributed by atoms with Crippen molar-refractivity contribution in [2.45, 2.75) is 19.4 Å². The molecule has 1 heterocycles. The van der Waals surface area contributed by atoms with E-state index in [2.05, 4.69) is 23.1 Å². The Morgan fingerprint density at radius 2 is 2.17 bits per heavy atom. The third-order valence-electron chi connectivity index (χ3n) is 4.29. The number of hydrogen-bond acceptors (Lipinski definition) is 3. The van der Waals surface area contributed by atoms with Crippen LogP contribution in [0.3, 0.4) is 0 Å². The Balaban J connectivity index is 1.76. The van der Waals surface area contributed by atoms with Gasteiger partial charge in [0, 0.05) is 26.1 Å². The van der Waals surface area contributed by atoms with Gasteiger partial charge in [0.1, 0.15) is 5.78 Å². The number of hydrogen-bond donors (Lipinski definition) is 0. The third kappa shape index (κ3) is 1.74. The smallest absolute Gasteiger partial charge is 0.138 e. The maximum absolute atomic E-state index is 11.8. The Morgan fingerprint density at radius 1 is 1.39 bits per heavy atom. The van der Waals surface area contributed by atoms with Crippen molar-refractivity contribution in [3.05, 3.63) is 35.9 Å². The van der Waals surface area contributed by atoms with Crippen molar-refractivity contribution in [3.8, 4) is 6.07 Å². The average molecular weight is 240 g/mol. The summed E-state index contributed by atoms with van der Waals surface area (Å²) >= 11 is 0. The highest BCUT2D eigenvalue weighted by atomic mass is 16.1. The molecule has 0 aromatic heterocycles. The molecule has 18 heavy (non-hydrogen) atoms. The van der Waals surface area contributed by atoms with Gasteiger partial charge in [-0.2, -0.15) is 5.26 Å². The zero-order valence-corrected chi connectivity index (χ0v) is 10.3. The summed E-state index contributed by atoms with van der Waals surface area (Å²) in [4.78, 5) is 14.1. The number of rotatable bonds is 2. The van der Waals surface area contributed by atoms with Crippen molar-refractivity contribution < 1.29 is 4.79 Å². The molecule has 2 fully saturated rings. The first-order valence-corrected chi connectivity index (χ1v) is 6.44. The Labute approximate surface area is 107 Å². The summed E-state index contributed by atoms with van der Waals surface area (Å²) in [5.41, 5.74) is 0.851. The quantitative estimate of drug-likeness (QED) is 0.794. The van der Waals surface area contributed by atoms with E-state index in [0.717, 1.165) is 26.1 Å². The number of Topliss-reactive ketones (excluding diaryl/α,β-unsaturated/α-hetero) is 1. The molecular weight excluding hydrogens is 224 g/mol. The molecule has 1 aromatic carbocycles. The number of ketones is 1. The second kappa shape index (κ2) is 4.22. The van der Waals surface area contributed by atoms with Gasteiger partial charge in [-0.25, -0.2) is 0 Å². The third-order valence-corrected chi connectivity index (χ3v) is 4.29. The van der Waals surface area contributed by atoms with Gasteiger partial charge in [-0.3, -0.25) is 9.69 Å². The van der Waals surface area contributed by atoms with Crippen LogP contribution in [0.2, 0.25) is 0 Å². The minimum absolute atomic E-state index is 0.0498. The maximum Gasteiger partial charge on any atom is 0.138 e. The van der Waals surface area contributed by atoms with Crippen molar-refractivity contribution in [1.82, 2.24) is 4.90 Å². The van der Waals surface area contributed by atoms with Gasteiger partial charge in [0.05, 0.1) is 17.4 Å². The predicted molar refractivity (Wildman–Crippen MR) is 67.5 cm³/mol. The van der Waals surface area contributed by atoms with Crippen LogP contribution >= 0.6 is 0 Å². The van der Waals surface area contributed by atoms with Crippen LogP contribution in [-0.2, 0) is 11.3 Å². The van der Waals surface area contributed by atoms with E-state index in [-0.39, 0.29) is 11.7 Å². The van der Waals surface area contributed by atoms with Gasteiger partial charge in [-0.15, -0.1) is 0 Å². The topological polar surface area (TPSA) is 44.1 Å². The SMILES string of the molecule is N#CC12CCC(=O)C1CN(Cc1ccccc1)C2. The van der Waals surface area contributed by atoms with E-state index in [4.69, 9.17) is 0 Å². The van der Waals surface area contributed by atoms with Crippen LogP contribution in [0.4, 0.5) is 0 Å². The molecule has 2 atom stereocenters. The zero-order valence-electron chi connectivity index (χ0n) is 10.3. The van der Waals surface area contributed by atoms with E-state index in [0.29, 0.717) is 6.42 Å². The molecule has 1 aromatic rings. The number of carbonyl (C=O) groups is 1. The van der Waals surface area contributed by atoms with Gasteiger partial charge >= 0.3 is 0 Å². The largest absolute Gasteiger partial charge is 0.299 e. The number of carbonyl (C=O) groups excluding carboxylic acids is 1. The van der Waals surface area contributed by atoms with Crippen LogP contribution < -0.4 is 0 Å². The first kappa shape index (κ1) is 11.4. The minimum Gasteiger partial charge on any atom is -0.299 e. The summed E-state index contributed by atoms with van der Waals surface area (Å²) in [6.07, 6.45) is 1.34. The molecule has 3 heteroatoms. The first-order valence-electron chi connectivity index (χ1n) is 6.44. The normalized spacial score (nSPS) is 31.3. The number of likely N-dealkylation sites (tertiary alicyclic amines) is 1. The van der Waals surface area contributed by atoms with Crippen LogP contribution in [0, 0.1) is 22.7 Å². The fourth-order valence-electron chi connectivity index (χ4n) is 3.32. The second-order valence-electron chi connectivity index (χ2n) is 5.44. The van der Waals surface area contributed by atoms with E-state index < -0.39 is 5.41 Å². The standard InChI is InChI=1S/C15H16N2O/c16-10-15-7-6-14(18)13(15)9-17(11-15)8-12-4-2-1-3-5-12/h1-5,13H,6-9,11H2. The molecular formula is C15H16N2O. The van der Waals surface area contributed by atoms with E-state index >= 15 is 0 Å². The van der Waals surface area contributed by atoms with E-state index in [1.165, 1.54) is 5.56 Å². The van der Waals surface area contributed by atoms with Crippen LogP contribution in [0.1, 0.15) is 18.4 Å². The van der Waals surface area contributed by atoms with Crippen molar-refractivity contribution in [1.29, 1.82) is 5.26 Å². The number of benzene rings is 1. The van der Waals surface area contributed by atoms with Crippen molar-refractivity contribution in [2.24, 2.45) is 11.3 Å². The molecule has 1 aliphatic heterocycles. The number of fused-ring (bicyclic) bond motifs is 1. The summed E-state index contributed by atoms with van der Waals surface area (Å²) in [5.74, 6) is 0.235. The summed E-state index contributed by atoms with van der Waals surface area (Å²) < 4.78 is 0. The number of nitriles is 1. The van der Waals surface area contributed by atoms with Crippen LogP contribution in [-0.4, -0.2) is 23.8 Å². The van der Waals surface area contributed by atoms with Gasteiger partial charge in [-0.05, 0) is 12.0 Å². The molecule has 2 aliphatic rings. The lowest BCUT2D eigenvalue weighted by molar-refractivity contribution is -0.121. The van der Waals surface area contributed by atoms with Gasteiger partial charge in [0.2, 0.25) is 0 Å². The number of nitrogens with zero attached hydrogens (tertiary/aromatic N) is 2. The van der Waals surface area contributed by atoms with Gasteiger partial charge in [-0.1, -0.05) is 30.3 Å². The zero-order chi connectivity index (χ0) is 12.6. The predicted octanol–water partition coefficient (Wildman–Crippen LogP) is 1.99. The second-order valence-corrected chi connectivity index (χ2v) is 5.44. The fourth-order valence-corrected chi connectivity index (χ4v) is 3.32. The Kier molecular flexibility index (Phi) is 2.68. The van der Waals surface area contributed by atoms with E-state index in [1.807, 2.05) is 18.2 Å². The lowest BCUT2D eigenvalue weighted by Gasteiger charge is -2.19. The summed E-state index contributed by atoms with van der Waals surface area (Å²) in [6.45, 7) is 2.34. The molecule has 1 aliphatic carbocycles. The summed E-state index contributed by atoms with van der Waals surface area (Å²) in [7, 11) is 0. The summed E-state index contributed by atoms with van der Waals surface area (Å²) in [6, 6.07) is 12.7. The first-order chi connectivity index (χ1) is 8.73. The Hall–Kier alpha value is -1.66. The van der Waals surface area contributed by atoms with E-state index in [1.54, 1.807) is 0 Å². The van der Waals surface area contributed by atoms with Crippen molar-refractivity contribution in [3.63, 3.8) is 0 Å². The van der Waals surface area contributed by atoms with Crippen molar-refractivity contribution >= 4 is 5.78 Å². The van der Waals surface area contributed by atoms with E-state index in [9.17, 15) is 10.1 Å². The molecule has 1 saturated heterocycles. The van der Waals surface area contributed by atoms with Gasteiger partial charge in [0.25, 0.3) is 0 Å². The lowest BCUT2D eigenvalue weighted by atomic mass is 9.82. The average Bonchev–Trinajstić information content (AvgIpc) is 2.89. The monoisotopic (exact) mass is 240 g/mol.